The molecule has 2 rings (SSSR count). The lowest BCUT2D eigenvalue weighted by Gasteiger charge is -2.23. The van der Waals surface area contributed by atoms with Crippen molar-refractivity contribution in [1.82, 2.24) is 4.90 Å². The monoisotopic (exact) mass is 380 g/mol. The molecule has 1 aliphatic rings. The van der Waals surface area contributed by atoms with Gasteiger partial charge in [0, 0.05) is 29.7 Å². The molecule has 1 N–H and O–H groups in total. The van der Waals surface area contributed by atoms with E-state index in [1.54, 1.807) is 0 Å². The molecule has 0 unspecified atom stereocenters. The SMILES string of the molecule is CCCCN1CC(C)(C)[C@H](CC(=O)Nc2ccc(Br)cc2)C1=O. The summed E-state index contributed by atoms with van der Waals surface area (Å²) in [6.07, 6.45) is 2.32. The van der Waals surface area contributed by atoms with Crippen molar-refractivity contribution in [2.45, 2.75) is 40.0 Å². The van der Waals surface area contributed by atoms with Crippen LogP contribution < -0.4 is 5.32 Å². The van der Waals surface area contributed by atoms with Crippen molar-refractivity contribution in [2.24, 2.45) is 11.3 Å². The Hall–Kier alpha value is -1.36. The molecule has 0 aliphatic carbocycles. The number of rotatable bonds is 6. The topological polar surface area (TPSA) is 49.4 Å². The minimum Gasteiger partial charge on any atom is -0.342 e. The van der Waals surface area contributed by atoms with Crippen LogP contribution in [0.1, 0.15) is 40.0 Å². The molecular weight excluding hydrogens is 356 g/mol. The second-order valence-electron chi connectivity index (χ2n) is 6.91. The lowest BCUT2D eigenvalue weighted by atomic mass is 9.79. The fraction of sp³-hybridized carbons (Fsp3) is 0.556. The van der Waals surface area contributed by atoms with Gasteiger partial charge in [0.25, 0.3) is 0 Å². The van der Waals surface area contributed by atoms with Crippen LogP contribution >= 0.6 is 15.9 Å². The highest BCUT2D eigenvalue weighted by molar-refractivity contribution is 9.10. The Bertz CT molecular complexity index is 569. The molecule has 5 heteroatoms. The summed E-state index contributed by atoms with van der Waals surface area (Å²) in [5, 5.41) is 2.88. The van der Waals surface area contributed by atoms with Crippen molar-refractivity contribution in [3.8, 4) is 0 Å². The number of amides is 2. The molecule has 1 atom stereocenters. The van der Waals surface area contributed by atoms with E-state index in [1.807, 2.05) is 29.2 Å². The van der Waals surface area contributed by atoms with Crippen LogP contribution in [-0.4, -0.2) is 29.8 Å². The third-order valence-corrected chi connectivity index (χ3v) is 4.98. The van der Waals surface area contributed by atoms with Crippen molar-refractivity contribution < 1.29 is 9.59 Å². The molecule has 1 aromatic carbocycles. The van der Waals surface area contributed by atoms with Gasteiger partial charge in [0.15, 0.2) is 0 Å². The van der Waals surface area contributed by atoms with Crippen LogP contribution in [0.15, 0.2) is 28.7 Å². The lowest BCUT2D eigenvalue weighted by molar-refractivity contribution is -0.134. The maximum atomic E-state index is 12.6. The summed E-state index contributed by atoms with van der Waals surface area (Å²) in [5.41, 5.74) is 0.589. The normalized spacial score (nSPS) is 19.9. The van der Waals surface area contributed by atoms with E-state index in [1.165, 1.54) is 0 Å². The van der Waals surface area contributed by atoms with Crippen LogP contribution in [0.4, 0.5) is 5.69 Å². The number of anilines is 1. The molecule has 1 aromatic rings. The molecule has 23 heavy (non-hydrogen) atoms. The van der Waals surface area contributed by atoms with Crippen molar-refractivity contribution >= 4 is 33.4 Å². The standard InChI is InChI=1S/C18H25BrN2O2/c1-4-5-10-21-12-18(2,3)15(17(21)23)11-16(22)20-14-8-6-13(19)7-9-14/h6-9,15H,4-5,10-12H2,1-3H3,(H,20,22)/t15-/m1/s1. The maximum Gasteiger partial charge on any atom is 0.226 e. The Labute approximate surface area is 146 Å². The third-order valence-electron chi connectivity index (χ3n) is 4.45. The lowest BCUT2D eigenvalue weighted by Crippen LogP contribution is -2.30. The summed E-state index contributed by atoms with van der Waals surface area (Å²) in [7, 11) is 0. The fourth-order valence-corrected chi connectivity index (χ4v) is 3.33. The van der Waals surface area contributed by atoms with Crippen LogP contribution in [0, 0.1) is 11.3 Å². The van der Waals surface area contributed by atoms with Gasteiger partial charge in [0.1, 0.15) is 0 Å². The van der Waals surface area contributed by atoms with Gasteiger partial charge in [-0.15, -0.1) is 0 Å². The van der Waals surface area contributed by atoms with Gasteiger partial charge in [-0.05, 0) is 36.1 Å². The van der Waals surface area contributed by atoms with E-state index in [0.29, 0.717) is 0 Å². The number of nitrogens with zero attached hydrogens (tertiary/aromatic N) is 1. The van der Waals surface area contributed by atoms with E-state index >= 15 is 0 Å². The molecule has 4 nitrogen and oxygen atoms in total. The van der Waals surface area contributed by atoms with Crippen LogP contribution in [0.25, 0.3) is 0 Å². The number of benzene rings is 1. The Morgan fingerprint density at radius 1 is 1.35 bits per heavy atom. The summed E-state index contributed by atoms with van der Waals surface area (Å²) in [4.78, 5) is 26.8. The van der Waals surface area contributed by atoms with Gasteiger partial charge >= 0.3 is 0 Å². The molecule has 1 saturated heterocycles. The number of unbranched alkanes of at least 4 members (excludes halogenated alkanes) is 1. The van der Waals surface area contributed by atoms with Crippen LogP contribution in [0.2, 0.25) is 0 Å². The minimum absolute atomic E-state index is 0.101. The van der Waals surface area contributed by atoms with Crippen molar-refractivity contribution in [3.05, 3.63) is 28.7 Å². The Balaban J connectivity index is 1.98. The molecule has 0 saturated carbocycles. The van der Waals surface area contributed by atoms with Gasteiger partial charge in [-0.3, -0.25) is 9.59 Å². The first-order valence-electron chi connectivity index (χ1n) is 8.17. The van der Waals surface area contributed by atoms with Crippen LogP contribution in [0.5, 0.6) is 0 Å². The molecule has 0 bridgehead atoms. The van der Waals surface area contributed by atoms with Gasteiger partial charge in [-0.25, -0.2) is 0 Å². The summed E-state index contributed by atoms with van der Waals surface area (Å²) in [5.74, 6) is -0.222. The number of hydrogen-bond donors (Lipinski definition) is 1. The first-order valence-corrected chi connectivity index (χ1v) is 8.97. The van der Waals surface area contributed by atoms with E-state index in [-0.39, 0.29) is 29.6 Å². The summed E-state index contributed by atoms with van der Waals surface area (Å²) in [6.45, 7) is 7.81. The first-order chi connectivity index (χ1) is 10.8. The average molecular weight is 381 g/mol. The molecule has 1 heterocycles. The Morgan fingerprint density at radius 2 is 2.00 bits per heavy atom. The number of likely N-dealkylation sites (tertiary alicyclic amines) is 1. The minimum atomic E-state index is -0.241. The summed E-state index contributed by atoms with van der Waals surface area (Å²) in [6, 6.07) is 7.45. The zero-order valence-electron chi connectivity index (χ0n) is 14.1. The smallest absolute Gasteiger partial charge is 0.226 e. The van der Waals surface area contributed by atoms with Crippen molar-refractivity contribution in [3.63, 3.8) is 0 Å². The van der Waals surface area contributed by atoms with Gasteiger partial charge in [-0.1, -0.05) is 43.1 Å². The highest BCUT2D eigenvalue weighted by Gasteiger charge is 2.46. The van der Waals surface area contributed by atoms with E-state index in [9.17, 15) is 9.59 Å². The second-order valence-corrected chi connectivity index (χ2v) is 7.83. The quantitative estimate of drug-likeness (QED) is 0.808. The zero-order chi connectivity index (χ0) is 17.0. The molecular formula is C18H25BrN2O2. The molecule has 126 valence electrons. The number of carbonyl (C=O) groups is 2. The van der Waals surface area contributed by atoms with Gasteiger partial charge in [-0.2, -0.15) is 0 Å². The molecule has 1 fully saturated rings. The van der Waals surface area contributed by atoms with E-state index in [0.717, 1.165) is 36.1 Å². The number of halogens is 1. The van der Waals surface area contributed by atoms with Crippen LogP contribution in [0.3, 0.4) is 0 Å². The van der Waals surface area contributed by atoms with E-state index in [4.69, 9.17) is 0 Å². The van der Waals surface area contributed by atoms with Gasteiger partial charge < -0.3 is 10.2 Å². The predicted octanol–water partition coefficient (Wildman–Crippen LogP) is 4.06. The zero-order valence-corrected chi connectivity index (χ0v) is 15.6. The molecule has 0 spiro atoms. The highest BCUT2D eigenvalue weighted by Crippen LogP contribution is 2.38. The molecule has 1 aliphatic heterocycles. The van der Waals surface area contributed by atoms with E-state index < -0.39 is 0 Å². The average Bonchev–Trinajstić information content (AvgIpc) is 2.70. The molecule has 0 radical (unpaired) electrons. The maximum absolute atomic E-state index is 12.6. The molecule has 2 amide bonds. The number of nitrogens with one attached hydrogen (secondary N) is 1. The van der Waals surface area contributed by atoms with Crippen molar-refractivity contribution in [1.29, 1.82) is 0 Å². The highest BCUT2D eigenvalue weighted by atomic mass is 79.9. The summed E-state index contributed by atoms with van der Waals surface area (Å²) < 4.78 is 0.967. The van der Waals surface area contributed by atoms with Gasteiger partial charge in [0.05, 0.1) is 5.92 Å². The Kier molecular flexibility index (Phi) is 5.84. The Morgan fingerprint density at radius 3 is 2.61 bits per heavy atom. The van der Waals surface area contributed by atoms with Crippen molar-refractivity contribution in [2.75, 3.05) is 18.4 Å². The largest absolute Gasteiger partial charge is 0.342 e. The van der Waals surface area contributed by atoms with E-state index in [2.05, 4.69) is 42.0 Å². The molecule has 0 aromatic heterocycles. The summed E-state index contributed by atoms with van der Waals surface area (Å²) >= 11 is 3.37. The third kappa shape index (κ3) is 4.56. The fourth-order valence-electron chi connectivity index (χ4n) is 3.07. The first kappa shape index (κ1) is 18.0. The second kappa shape index (κ2) is 7.47. The number of carbonyl (C=O) groups excluding carboxylic acids is 2. The van der Waals surface area contributed by atoms with Crippen LogP contribution in [-0.2, 0) is 9.59 Å². The number of hydrogen-bond acceptors (Lipinski definition) is 2. The predicted molar refractivity (Wildman–Crippen MR) is 96.1 cm³/mol. The van der Waals surface area contributed by atoms with Gasteiger partial charge in [0.2, 0.25) is 11.8 Å².